The molecule has 1 aromatic rings. The third-order valence-corrected chi connectivity index (χ3v) is 6.28. The molecule has 1 unspecified atom stereocenters. The number of benzene rings is 1. The Morgan fingerprint density at radius 1 is 1.22 bits per heavy atom. The van der Waals surface area contributed by atoms with Crippen LogP contribution in [0.3, 0.4) is 0 Å². The highest BCUT2D eigenvalue weighted by atomic mass is 16.2. The zero-order valence-corrected chi connectivity index (χ0v) is 14.4. The molecule has 1 heterocycles. The van der Waals surface area contributed by atoms with Crippen LogP contribution in [0.15, 0.2) is 18.2 Å². The minimum atomic E-state index is 0.303. The second-order valence-corrected chi connectivity index (χ2v) is 7.99. The minimum absolute atomic E-state index is 0.303. The van der Waals surface area contributed by atoms with E-state index in [9.17, 15) is 4.79 Å². The normalized spacial score (nSPS) is 25.4. The fourth-order valence-electron chi connectivity index (χ4n) is 4.25. The van der Waals surface area contributed by atoms with Gasteiger partial charge in [-0.05, 0) is 81.1 Å². The van der Waals surface area contributed by atoms with Crippen molar-refractivity contribution in [2.24, 2.45) is 11.3 Å². The van der Waals surface area contributed by atoms with Gasteiger partial charge in [-0.1, -0.05) is 18.2 Å². The van der Waals surface area contributed by atoms with Crippen molar-refractivity contribution in [1.82, 2.24) is 10.2 Å². The van der Waals surface area contributed by atoms with Gasteiger partial charge in [0, 0.05) is 18.5 Å². The second kappa shape index (κ2) is 5.62. The maximum absolute atomic E-state index is 13.1. The van der Waals surface area contributed by atoms with Crippen LogP contribution in [0.1, 0.15) is 48.8 Å². The van der Waals surface area contributed by atoms with Crippen molar-refractivity contribution in [3.05, 3.63) is 34.9 Å². The van der Waals surface area contributed by atoms with Crippen molar-refractivity contribution in [2.45, 2.75) is 58.5 Å². The van der Waals surface area contributed by atoms with Gasteiger partial charge in [0.2, 0.25) is 5.91 Å². The Labute approximate surface area is 139 Å². The lowest BCUT2D eigenvalue weighted by Crippen LogP contribution is -2.37. The average molecular weight is 312 g/mol. The molecule has 1 aliphatic heterocycles. The van der Waals surface area contributed by atoms with Gasteiger partial charge in [-0.15, -0.1) is 0 Å². The molecule has 2 aliphatic carbocycles. The van der Waals surface area contributed by atoms with E-state index >= 15 is 0 Å². The molecule has 2 saturated carbocycles. The van der Waals surface area contributed by atoms with E-state index in [4.69, 9.17) is 0 Å². The molecule has 1 N–H and O–H groups in total. The molecule has 1 spiro atoms. The van der Waals surface area contributed by atoms with Gasteiger partial charge in [-0.2, -0.15) is 0 Å². The number of hydrogen-bond acceptors (Lipinski definition) is 2. The van der Waals surface area contributed by atoms with Crippen LogP contribution in [0.25, 0.3) is 0 Å². The quantitative estimate of drug-likeness (QED) is 0.926. The Balaban J connectivity index is 1.48. The van der Waals surface area contributed by atoms with Crippen molar-refractivity contribution in [3.63, 3.8) is 0 Å². The zero-order valence-electron chi connectivity index (χ0n) is 14.4. The van der Waals surface area contributed by atoms with Gasteiger partial charge in [0.05, 0.1) is 0 Å². The number of piperidine rings is 1. The Hall–Kier alpha value is -1.35. The van der Waals surface area contributed by atoms with Crippen LogP contribution in [0.2, 0.25) is 0 Å². The van der Waals surface area contributed by atoms with E-state index in [0.29, 0.717) is 23.3 Å². The van der Waals surface area contributed by atoms with Gasteiger partial charge in [-0.25, -0.2) is 0 Å². The molecule has 3 fully saturated rings. The molecule has 1 saturated heterocycles. The summed E-state index contributed by atoms with van der Waals surface area (Å²) in [4.78, 5) is 15.3. The smallest absolute Gasteiger partial charge is 0.226 e. The van der Waals surface area contributed by atoms with Crippen molar-refractivity contribution >= 4 is 5.91 Å². The third kappa shape index (κ3) is 2.91. The van der Waals surface area contributed by atoms with Crippen LogP contribution in [0, 0.1) is 25.2 Å². The molecule has 0 aromatic heterocycles. The summed E-state index contributed by atoms with van der Waals surface area (Å²) in [5, 5.41) is 3.43. The number of nitrogens with one attached hydrogen (secondary N) is 1. The lowest BCUT2D eigenvalue weighted by molar-refractivity contribution is -0.134. The molecule has 0 bridgehead atoms. The summed E-state index contributed by atoms with van der Waals surface area (Å²) < 4.78 is 0. The number of amides is 1. The van der Waals surface area contributed by atoms with Gasteiger partial charge >= 0.3 is 0 Å². The monoisotopic (exact) mass is 312 g/mol. The molecule has 3 heteroatoms. The van der Waals surface area contributed by atoms with Gasteiger partial charge in [0.25, 0.3) is 0 Å². The van der Waals surface area contributed by atoms with E-state index in [1.165, 1.54) is 42.4 Å². The predicted octanol–water partition coefficient (Wildman–Crippen LogP) is 3.18. The van der Waals surface area contributed by atoms with Gasteiger partial charge in [0.15, 0.2) is 0 Å². The lowest BCUT2D eigenvalue weighted by atomic mass is 9.91. The van der Waals surface area contributed by atoms with E-state index in [2.05, 4.69) is 42.3 Å². The number of aryl methyl sites for hydroxylation is 2. The van der Waals surface area contributed by atoms with E-state index in [-0.39, 0.29) is 0 Å². The summed E-state index contributed by atoms with van der Waals surface area (Å²) in [5.41, 5.74) is 4.28. The first-order valence-electron chi connectivity index (χ1n) is 9.16. The summed E-state index contributed by atoms with van der Waals surface area (Å²) in [5.74, 6) is 0.740. The van der Waals surface area contributed by atoms with Gasteiger partial charge < -0.3 is 10.2 Å². The summed E-state index contributed by atoms with van der Waals surface area (Å²) in [6.07, 6.45) is 5.89. The maximum Gasteiger partial charge on any atom is 0.226 e. The Morgan fingerprint density at radius 2 is 1.96 bits per heavy atom. The Kier molecular flexibility index (Phi) is 3.72. The highest BCUT2D eigenvalue weighted by Crippen LogP contribution is 2.59. The molecule has 1 aromatic carbocycles. The summed E-state index contributed by atoms with van der Waals surface area (Å²) in [7, 11) is 0. The molecular weight excluding hydrogens is 284 g/mol. The lowest BCUT2D eigenvalue weighted by Gasteiger charge is -2.27. The molecular formula is C20H28N2O. The number of carbonyl (C=O) groups excluding carboxylic acids is 1. The fourth-order valence-corrected chi connectivity index (χ4v) is 4.25. The number of hydrogen-bond donors (Lipinski definition) is 1. The number of carbonyl (C=O) groups is 1. The number of nitrogens with zero attached hydrogens (tertiary/aromatic N) is 1. The minimum Gasteiger partial charge on any atom is -0.335 e. The largest absolute Gasteiger partial charge is 0.335 e. The molecule has 4 rings (SSSR count). The summed E-state index contributed by atoms with van der Waals surface area (Å²) >= 11 is 0. The number of rotatable bonds is 4. The standard InChI is InChI=1S/C20H28N2O/c1-14-3-4-16(11-15(14)2)13-22(17-5-6-17)19(23)18-12-20(18)7-9-21-10-8-20/h3-4,11,17-18,21H,5-10,12-13H2,1-2H3. The molecule has 0 radical (unpaired) electrons. The van der Waals surface area contributed by atoms with Crippen LogP contribution < -0.4 is 5.32 Å². The molecule has 1 amide bonds. The molecule has 3 nitrogen and oxygen atoms in total. The predicted molar refractivity (Wildman–Crippen MR) is 92.1 cm³/mol. The highest BCUT2D eigenvalue weighted by Gasteiger charge is 2.59. The highest BCUT2D eigenvalue weighted by molar-refractivity contribution is 5.83. The van der Waals surface area contributed by atoms with Crippen molar-refractivity contribution < 1.29 is 4.79 Å². The summed E-state index contributed by atoms with van der Waals surface area (Å²) in [6, 6.07) is 7.14. The molecule has 3 aliphatic rings. The van der Waals surface area contributed by atoms with E-state index in [1.54, 1.807) is 0 Å². The van der Waals surface area contributed by atoms with Gasteiger partial charge in [-0.3, -0.25) is 4.79 Å². The van der Waals surface area contributed by atoms with Crippen molar-refractivity contribution in [2.75, 3.05) is 13.1 Å². The van der Waals surface area contributed by atoms with Crippen LogP contribution in [-0.2, 0) is 11.3 Å². The topological polar surface area (TPSA) is 32.3 Å². The van der Waals surface area contributed by atoms with Crippen LogP contribution in [0.5, 0.6) is 0 Å². The zero-order chi connectivity index (χ0) is 16.0. The Morgan fingerprint density at radius 3 is 2.61 bits per heavy atom. The first kappa shape index (κ1) is 15.2. The van der Waals surface area contributed by atoms with E-state index < -0.39 is 0 Å². The maximum atomic E-state index is 13.1. The Bertz CT molecular complexity index is 614. The van der Waals surface area contributed by atoms with Crippen molar-refractivity contribution in [1.29, 1.82) is 0 Å². The van der Waals surface area contributed by atoms with Crippen LogP contribution in [-0.4, -0.2) is 29.9 Å². The summed E-state index contributed by atoms with van der Waals surface area (Å²) in [6.45, 7) is 7.28. The van der Waals surface area contributed by atoms with E-state index in [1.807, 2.05) is 0 Å². The van der Waals surface area contributed by atoms with E-state index in [0.717, 1.165) is 26.1 Å². The first-order chi connectivity index (χ1) is 11.1. The average Bonchev–Trinajstić information content (AvgIpc) is 3.46. The molecule has 23 heavy (non-hydrogen) atoms. The second-order valence-electron chi connectivity index (χ2n) is 7.99. The van der Waals surface area contributed by atoms with Gasteiger partial charge in [0.1, 0.15) is 0 Å². The van der Waals surface area contributed by atoms with Crippen LogP contribution in [0.4, 0.5) is 0 Å². The van der Waals surface area contributed by atoms with Crippen LogP contribution >= 0.6 is 0 Å². The van der Waals surface area contributed by atoms with Crippen molar-refractivity contribution in [3.8, 4) is 0 Å². The molecule has 124 valence electrons. The first-order valence-corrected chi connectivity index (χ1v) is 9.16. The molecule has 1 atom stereocenters. The SMILES string of the molecule is Cc1ccc(CN(C(=O)C2CC23CCNCC3)C2CC2)cc1C. The fraction of sp³-hybridized carbons (Fsp3) is 0.650. The third-order valence-electron chi connectivity index (χ3n) is 6.28.